The number of nitrogens with two attached hydrogens (primary N) is 1. The van der Waals surface area contributed by atoms with Gasteiger partial charge in [-0.15, -0.1) is 0 Å². The van der Waals surface area contributed by atoms with Crippen molar-refractivity contribution in [1.82, 2.24) is 9.55 Å². The Kier molecular flexibility index (Phi) is 3.57. The van der Waals surface area contributed by atoms with Gasteiger partial charge >= 0.3 is 0 Å². The number of hydrogen-bond acceptors (Lipinski definition) is 2. The molecule has 1 aromatic heterocycles. The fourth-order valence-electron chi connectivity index (χ4n) is 2.86. The van der Waals surface area contributed by atoms with Crippen LogP contribution in [0.5, 0.6) is 0 Å². The van der Waals surface area contributed by atoms with Crippen LogP contribution in [-0.2, 0) is 5.54 Å². The van der Waals surface area contributed by atoms with Gasteiger partial charge in [0.1, 0.15) is 5.82 Å². The molecule has 2 N–H and O–H groups in total. The molecule has 0 spiro atoms. The number of nitrogen functional groups attached to an aromatic ring is 1. The zero-order valence-corrected chi connectivity index (χ0v) is 12.7. The quantitative estimate of drug-likeness (QED) is 0.833. The maximum Gasteiger partial charge on any atom is 0.112 e. The van der Waals surface area contributed by atoms with Crippen molar-refractivity contribution in [3.63, 3.8) is 0 Å². The molecule has 104 valence electrons. The predicted molar refractivity (Wildman–Crippen MR) is 82.5 cm³/mol. The summed E-state index contributed by atoms with van der Waals surface area (Å²) in [5, 5.41) is 0. The van der Waals surface area contributed by atoms with Gasteiger partial charge in [-0.3, -0.25) is 0 Å². The number of rotatable bonds is 4. The lowest BCUT2D eigenvalue weighted by Gasteiger charge is -2.30. The molecule has 0 amide bonds. The van der Waals surface area contributed by atoms with Crippen LogP contribution in [0.15, 0.2) is 18.2 Å². The second-order valence-corrected chi connectivity index (χ2v) is 6.27. The van der Waals surface area contributed by atoms with Crippen molar-refractivity contribution in [2.24, 2.45) is 0 Å². The van der Waals surface area contributed by atoms with Crippen LogP contribution in [0, 0.1) is 0 Å². The smallest absolute Gasteiger partial charge is 0.112 e. The Balaban J connectivity index is 2.72. The van der Waals surface area contributed by atoms with Crippen LogP contribution < -0.4 is 5.73 Å². The predicted octanol–water partition coefficient (Wildman–Crippen LogP) is 4.28. The number of anilines is 1. The molecule has 1 aromatic carbocycles. The summed E-state index contributed by atoms with van der Waals surface area (Å²) in [6.07, 6.45) is 2.31. The molecule has 19 heavy (non-hydrogen) atoms. The molecule has 3 nitrogen and oxygen atoms in total. The van der Waals surface area contributed by atoms with E-state index in [0.29, 0.717) is 5.92 Å². The molecule has 0 aliphatic carbocycles. The summed E-state index contributed by atoms with van der Waals surface area (Å²) in [5.74, 6) is 1.56. The minimum Gasteiger partial charge on any atom is -0.399 e. The first-order valence-corrected chi connectivity index (χ1v) is 7.15. The van der Waals surface area contributed by atoms with Gasteiger partial charge in [0.05, 0.1) is 11.0 Å². The zero-order chi connectivity index (χ0) is 14.2. The molecule has 2 aromatic rings. The van der Waals surface area contributed by atoms with Crippen molar-refractivity contribution in [2.45, 2.75) is 58.9 Å². The highest BCUT2D eigenvalue weighted by Gasteiger charge is 2.26. The lowest BCUT2D eigenvalue weighted by atomic mass is 9.97. The van der Waals surface area contributed by atoms with Gasteiger partial charge in [0.25, 0.3) is 0 Å². The van der Waals surface area contributed by atoms with Gasteiger partial charge in [-0.1, -0.05) is 27.2 Å². The van der Waals surface area contributed by atoms with Gasteiger partial charge in [0, 0.05) is 17.1 Å². The molecular formula is C16H25N3. The highest BCUT2D eigenvalue weighted by atomic mass is 15.1. The minimum absolute atomic E-state index is 0.0826. The van der Waals surface area contributed by atoms with Crippen LogP contribution in [0.4, 0.5) is 5.69 Å². The highest BCUT2D eigenvalue weighted by molar-refractivity contribution is 5.80. The van der Waals surface area contributed by atoms with Crippen molar-refractivity contribution in [3.05, 3.63) is 24.0 Å². The Morgan fingerprint density at radius 3 is 2.58 bits per heavy atom. The van der Waals surface area contributed by atoms with Gasteiger partial charge in [-0.25, -0.2) is 4.98 Å². The molecule has 1 heterocycles. The monoisotopic (exact) mass is 259 g/mol. The first kappa shape index (κ1) is 13.9. The van der Waals surface area contributed by atoms with E-state index in [0.717, 1.165) is 23.4 Å². The van der Waals surface area contributed by atoms with Crippen molar-refractivity contribution in [3.8, 4) is 0 Å². The van der Waals surface area contributed by atoms with Crippen LogP contribution in [0.25, 0.3) is 11.0 Å². The third-order valence-electron chi connectivity index (χ3n) is 3.69. The SMILES string of the molecule is CCCC(C)(C)n1c(C(C)C)nc2cc(N)ccc21. The maximum absolute atomic E-state index is 5.88. The van der Waals surface area contributed by atoms with Crippen LogP contribution in [0.1, 0.15) is 59.2 Å². The van der Waals surface area contributed by atoms with Crippen LogP contribution in [0.3, 0.4) is 0 Å². The summed E-state index contributed by atoms with van der Waals surface area (Å²) in [5.41, 5.74) is 8.94. The van der Waals surface area contributed by atoms with E-state index in [9.17, 15) is 0 Å². The fraction of sp³-hybridized carbons (Fsp3) is 0.562. The van der Waals surface area contributed by atoms with Gasteiger partial charge in [0.15, 0.2) is 0 Å². The van der Waals surface area contributed by atoms with E-state index in [1.54, 1.807) is 0 Å². The second kappa shape index (κ2) is 4.87. The Hall–Kier alpha value is -1.51. The summed E-state index contributed by atoms with van der Waals surface area (Å²) >= 11 is 0. The van der Waals surface area contributed by atoms with Gasteiger partial charge < -0.3 is 10.3 Å². The summed E-state index contributed by atoms with van der Waals surface area (Å²) in [4.78, 5) is 4.80. The average molecular weight is 259 g/mol. The largest absolute Gasteiger partial charge is 0.399 e. The lowest BCUT2D eigenvalue weighted by Crippen LogP contribution is -2.28. The molecule has 0 atom stereocenters. The molecule has 0 fully saturated rings. The second-order valence-electron chi connectivity index (χ2n) is 6.27. The molecule has 0 radical (unpaired) electrons. The third kappa shape index (κ3) is 2.46. The molecule has 2 rings (SSSR count). The number of benzene rings is 1. The number of hydrogen-bond donors (Lipinski definition) is 1. The van der Waals surface area contributed by atoms with Crippen molar-refractivity contribution >= 4 is 16.7 Å². The van der Waals surface area contributed by atoms with Crippen molar-refractivity contribution < 1.29 is 0 Å². The first-order valence-electron chi connectivity index (χ1n) is 7.15. The van der Waals surface area contributed by atoms with E-state index in [2.05, 4.69) is 45.3 Å². The van der Waals surface area contributed by atoms with Gasteiger partial charge in [0.2, 0.25) is 0 Å². The maximum atomic E-state index is 5.88. The molecule has 0 saturated carbocycles. The molecular weight excluding hydrogens is 234 g/mol. The van der Waals surface area contributed by atoms with Gasteiger partial charge in [-0.2, -0.15) is 0 Å². The number of imidazole rings is 1. The Bertz CT molecular complexity index is 579. The van der Waals surface area contributed by atoms with Crippen molar-refractivity contribution in [2.75, 3.05) is 5.73 Å². The molecule has 0 aliphatic heterocycles. The molecule has 3 heteroatoms. The van der Waals surface area contributed by atoms with E-state index in [1.807, 2.05) is 12.1 Å². The molecule has 0 aliphatic rings. The van der Waals surface area contributed by atoms with Crippen LogP contribution >= 0.6 is 0 Å². The van der Waals surface area contributed by atoms with Crippen molar-refractivity contribution in [1.29, 1.82) is 0 Å². The average Bonchev–Trinajstić information content (AvgIpc) is 2.67. The number of fused-ring (bicyclic) bond motifs is 1. The molecule has 0 bridgehead atoms. The van der Waals surface area contributed by atoms with E-state index in [-0.39, 0.29) is 5.54 Å². The van der Waals surface area contributed by atoms with E-state index < -0.39 is 0 Å². The summed E-state index contributed by atoms with van der Waals surface area (Å²) < 4.78 is 2.40. The highest BCUT2D eigenvalue weighted by Crippen LogP contribution is 2.32. The van der Waals surface area contributed by atoms with E-state index in [4.69, 9.17) is 10.7 Å². The summed E-state index contributed by atoms with van der Waals surface area (Å²) in [7, 11) is 0. The standard InChI is InChI=1S/C16H25N3/c1-6-9-16(4,5)19-14-8-7-12(17)10-13(14)18-15(19)11(2)3/h7-8,10-11H,6,9,17H2,1-5H3. The fourth-order valence-corrected chi connectivity index (χ4v) is 2.86. The molecule has 0 saturated heterocycles. The first-order chi connectivity index (χ1) is 8.86. The summed E-state index contributed by atoms with van der Waals surface area (Å²) in [6.45, 7) is 11.2. The molecule has 0 unspecified atom stereocenters. The van der Waals surface area contributed by atoms with E-state index >= 15 is 0 Å². The zero-order valence-electron chi connectivity index (χ0n) is 12.7. The Morgan fingerprint density at radius 1 is 1.32 bits per heavy atom. The lowest BCUT2D eigenvalue weighted by molar-refractivity contribution is 0.320. The topological polar surface area (TPSA) is 43.8 Å². The normalized spacial score (nSPS) is 12.5. The third-order valence-corrected chi connectivity index (χ3v) is 3.69. The minimum atomic E-state index is 0.0826. The summed E-state index contributed by atoms with van der Waals surface area (Å²) in [6, 6.07) is 6.04. The van der Waals surface area contributed by atoms with Gasteiger partial charge in [-0.05, 0) is 38.5 Å². The number of aromatic nitrogens is 2. The van der Waals surface area contributed by atoms with Crippen LogP contribution in [0.2, 0.25) is 0 Å². The van der Waals surface area contributed by atoms with Crippen LogP contribution in [-0.4, -0.2) is 9.55 Å². The Labute approximate surface area is 115 Å². The number of nitrogens with zero attached hydrogens (tertiary/aromatic N) is 2. The Morgan fingerprint density at radius 2 is 2.00 bits per heavy atom. The van der Waals surface area contributed by atoms with E-state index in [1.165, 1.54) is 11.9 Å².